The van der Waals surface area contributed by atoms with Crippen LogP contribution in [0.2, 0.25) is 0 Å². The number of alkyl halides is 3. The topological polar surface area (TPSA) is 111 Å². The Morgan fingerprint density at radius 3 is 2.11 bits per heavy atom. The van der Waals surface area contributed by atoms with E-state index in [0.717, 1.165) is 39.7 Å². The second-order valence-electron chi connectivity index (χ2n) is 8.20. The number of quaternary nitrogens is 1. The summed E-state index contributed by atoms with van der Waals surface area (Å²) in [7, 11) is 0. The van der Waals surface area contributed by atoms with E-state index in [4.69, 9.17) is 9.90 Å². The van der Waals surface area contributed by atoms with E-state index in [2.05, 4.69) is 39.6 Å². The third-order valence-corrected chi connectivity index (χ3v) is 6.15. The molecule has 3 aromatic carbocycles. The number of hydrogen-bond acceptors (Lipinski definition) is 6. The maximum Gasteiger partial charge on any atom is 0.430 e. The van der Waals surface area contributed by atoms with Gasteiger partial charge in [-0.25, -0.2) is 4.98 Å². The monoisotopic (exact) mass is 538 g/mol. The molecule has 0 saturated carbocycles. The number of carbonyl (C=O) groups excluding carboxylic acids is 2. The molecular formula is C27H21F3N4O3S. The SMILES string of the molecule is O=C(CC(c1ccccc1)c1ccccc1)Nc1ccc2c(c1)[NH2+]C(c1cscn1)=N2.O=C([O-])C(F)(F)F. The van der Waals surface area contributed by atoms with Crippen LogP contribution >= 0.6 is 11.3 Å². The average Bonchev–Trinajstić information content (AvgIpc) is 3.58. The van der Waals surface area contributed by atoms with Crippen molar-refractivity contribution < 1.29 is 33.2 Å². The first kappa shape index (κ1) is 26.7. The first-order valence-electron chi connectivity index (χ1n) is 11.3. The number of aliphatic carboxylic acids is 1. The number of rotatable bonds is 6. The second kappa shape index (κ2) is 11.8. The number of carboxylic acid groups (broad SMARTS) is 1. The highest BCUT2D eigenvalue weighted by molar-refractivity contribution is 7.07. The zero-order chi connectivity index (χ0) is 27.1. The summed E-state index contributed by atoms with van der Waals surface area (Å²) in [6, 6.07) is 26.2. The van der Waals surface area contributed by atoms with Gasteiger partial charge in [0.1, 0.15) is 11.7 Å². The molecule has 1 aliphatic heterocycles. The summed E-state index contributed by atoms with van der Waals surface area (Å²) in [5, 5.41) is 15.8. The molecule has 0 bridgehead atoms. The van der Waals surface area contributed by atoms with Gasteiger partial charge in [0, 0.05) is 29.5 Å². The summed E-state index contributed by atoms with van der Waals surface area (Å²) in [5.74, 6) is -2.17. The number of thiazole rings is 1. The highest BCUT2D eigenvalue weighted by atomic mass is 32.1. The number of benzene rings is 3. The van der Waals surface area contributed by atoms with Crippen LogP contribution in [0.5, 0.6) is 0 Å². The summed E-state index contributed by atoms with van der Waals surface area (Å²) in [6.07, 6.45) is -4.82. The lowest BCUT2D eigenvalue weighted by atomic mass is 9.88. The maximum atomic E-state index is 13.0. The Hall–Kier alpha value is -4.35. The zero-order valence-corrected chi connectivity index (χ0v) is 20.5. The van der Waals surface area contributed by atoms with Crippen LogP contribution in [0.15, 0.2) is 94.7 Å². The minimum Gasteiger partial charge on any atom is -0.542 e. The van der Waals surface area contributed by atoms with Crippen molar-refractivity contribution in [3.05, 3.63) is 107 Å². The summed E-state index contributed by atoms with van der Waals surface area (Å²) < 4.78 is 31.5. The molecule has 2 heterocycles. The molecule has 38 heavy (non-hydrogen) atoms. The minimum atomic E-state index is -5.19. The van der Waals surface area contributed by atoms with Crippen molar-refractivity contribution >= 4 is 46.1 Å². The summed E-state index contributed by atoms with van der Waals surface area (Å²) >= 11 is 1.55. The van der Waals surface area contributed by atoms with Crippen LogP contribution in [0, 0.1) is 0 Å². The van der Waals surface area contributed by atoms with E-state index in [9.17, 15) is 18.0 Å². The van der Waals surface area contributed by atoms with Crippen molar-refractivity contribution in [2.45, 2.75) is 18.5 Å². The molecule has 194 valence electrons. The van der Waals surface area contributed by atoms with Crippen LogP contribution in [-0.2, 0) is 9.59 Å². The first-order valence-corrected chi connectivity index (χ1v) is 12.3. The number of nitrogens with one attached hydrogen (secondary N) is 1. The van der Waals surface area contributed by atoms with Gasteiger partial charge < -0.3 is 15.2 Å². The molecule has 1 amide bonds. The van der Waals surface area contributed by atoms with Crippen LogP contribution in [0.25, 0.3) is 0 Å². The Balaban J connectivity index is 0.000000426. The molecule has 0 radical (unpaired) electrons. The Morgan fingerprint density at radius 1 is 0.974 bits per heavy atom. The van der Waals surface area contributed by atoms with Gasteiger partial charge in [0.05, 0.1) is 5.51 Å². The number of halogens is 3. The molecule has 0 saturated heterocycles. The van der Waals surface area contributed by atoms with Crippen molar-refractivity contribution in [1.29, 1.82) is 0 Å². The highest BCUT2D eigenvalue weighted by Crippen LogP contribution is 2.31. The minimum absolute atomic E-state index is 0.00277. The zero-order valence-electron chi connectivity index (χ0n) is 19.7. The van der Waals surface area contributed by atoms with Gasteiger partial charge in [-0.05, 0) is 23.3 Å². The molecule has 1 aliphatic rings. The molecule has 1 aromatic heterocycles. The van der Waals surface area contributed by atoms with Gasteiger partial charge in [0.25, 0.3) is 5.84 Å². The lowest BCUT2D eigenvalue weighted by Crippen LogP contribution is -2.80. The Morgan fingerprint density at radius 2 is 1.58 bits per heavy atom. The molecule has 11 heteroatoms. The van der Waals surface area contributed by atoms with Crippen molar-refractivity contribution in [3.8, 4) is 0 Å². The third-order valence-electron chi connectivity index (χ3n) is 5.56. The summed E-state index contributed by atoms with van der Waals surface area (Å²) in [5.41, 5.74) is 7.60. The van der Waals surface area contributed by atoms with E-state index >= 15 is 0 Å². The van der Waals surface area contributed by atoms with Crippen molar-refractivity contribution in [2.75, 3.05) is 5.32 Å². The molecule has 0 unspecified atom stereocenters. The average molecular weight is 539 g/mol. The van der Waals surface area contributed by atoms with Gasteiger partial charge in [-0.15, -0.1) is 11.3 Å². The van der Waals surface area contributed by atoms with E-state index in [1.807, 2.05) is 65.3 Å². The number of aromatic nitrogens is 1. The quantitative estimate of drug-likeness (QED) is 0.363. The van der Waals surface area contributed by atoms with E-state index in [-0.39, 0.29) is 11.8 Å². The van der Waals surface area contributed by atoms with E-state index in [1.54, 1.807) is 16.8 Å². The second-order valence-corrected chi connectivity index (χ2v) is 8.92. The van der Waals surface area contributed by atoms with Crippen LogP contribution in [0.3, 0.4) is 0 Å². The summed E-state index contributed by atoms with van der Waals surface area (Å²) in [4.78, 5) is 30.7. The number of amides is 1. The predicted octanol–water partition coefficient (Wildman–Crippen LogP) is 3.89. The fourth-order valence-corrected chi connectivity index (χ4v) is 4.37. The lowest BCUT2D eigenvalue weighted by Gasteiger charge is -2.18. The maximum absolute atomic E-state index is 13.0. The van der Waals surface area contributed by atoms with E-state index < -0.39 is 12.1 Å². The number of carbonyl (C=O) groups is 2. The molecule has 4 aromatic rings. The smallest absolute Gasteiger partial charge is 0.430 e. The van der Waals surface area contributed by atoms with Gasteiger partial charge in [-0.3, -0.25) is 10.1 Å². The van der Waals surface area contributed by atoms with E-state index in [1.165, 1.54) is 0 Å². The van der Waals surface area contributed by atoms with Crippen molar-refractivity contribution in [1.82, 2.24) is 4.98 Å². The molecule has 5 rings (SSSR count). The number of hydrogen-bond donors (Lipinski definition) is 2. The van der Waals surface area contributed by atoms with E-state index in [0.29, 0.717) is 6.42 Å². The third kappa shape index (κ3) is 6.90. The number of aliphatic imine (C=N–C) groups is 1. The molecule has 3 N–H and O–H groups in total. The van der Waals surface area contributed by atoms with Crippen molar-refractivity contribution in [3.63, 3.8) is 0 Å². The number of amidine groups is 1. The van der Waals surface area contributed by atoms with Gasteiger partial charge in [0.15, 0.2) is 11.4 Å². The van der Waals surface area contributed by atoms with Crippen LogP contribution < -0.4 is 15.7 Å². The Kier molecular flexibility index (Phi) is 8.29. The van der Waals surface area contributed by atoms with Crippen molar-refractivity contribution in [2.24, 2.45) is 4.99 Å². The fraction of sp³-hybridized carbons (Fsp3) is 0.111. The highest BCUT2D eigenvalue weighted by Gasteiger charge is 2.29. The number of carboxylic acids is 1. The lowest BCUT2D eigenvalue weighted by molar-refractivity contribution is -0.437. The molecule has 0 atom stereocenters. The Labute approximate surface area is 219 Å². The number of nitrogens with two attached hydrogens (primary N) is 1. The number of fused-ring (bicyclic) bond motifs is 1. The number of anilines is 1. The van der Waals surface area contributed by atoms with Gasteiger partial charge in [-0.1, -0.05) is 60.7 Å². The Bertz CT molecular complexity index is 1390. The molecule has 0 aliphatic carbocycles. The van der Waals surface area contributed by atoms with Gasteiger partial charge >= 0.3 is 6.18 Å². The largest absolute Gasteiger partial charge is 0.542 e. The van der Waals surface area contributed by atoms with Gasteiger partial charge in [0.2, 0.25) is 5.91 Å². The number of nitrogens with zero attached hydrogens (tertiary/aromatic N) is 2. The predicted molar refractivity (Wildman–Crippen MR) is 135 cm³/mol. The van der Waals surface area contributed by atoms with Gasteiger partial charge in [-0.2, -0.15) is 18.2 Å². The first-order chi connectivity index (χ1) is 18.2. The summed E-state index contributed by atoms with van der Waals surface area (Å²) in [6.45, 7) is 0. The molecular weight excluding hydrogens is 517 g/mol. The fourth-order valence-electron chi connectivity index (χ4n) is 3.83. The van der Waals surface area contributed by atoms with Crippen LogP contribution in [0.4, 0.5) is 30.2 Å². The molecule has 0 fully saturated rings. The standard InChI is InChI=1S/C25H20N4OS.C2HF3O2/c30-24(14-20(17-7-3-1-4-8-17)18-9-5-2-6-10-18)27-19-11-12-21-22(13-19)29-25(28-21)23-15-31-16-26-23;3-2(4,5)1(6)7/h1-13,15-16,20H,14H2,(H,27,30)(H,28,29);(H,6,7). The molecule has 7 nitrogen and oxygen atoms in total. The molecule has 0 spiro atoms. The van der Waals surface area contributed by atoms with Crippen LogP contribution in [-0.4, -0.2) is 28.9 Å². The normalized spacial score (nSPS) is 12.3. The van der Waals surface area contributed by atoms with Crippen LogP contribution in [0.1, 0.15) is 29.2 Å².